The van der Waals surface area contributed by atoms with Gasteiger partial charge in [-0.3, -0.25) is 0 Å². The van der Waals surface area contributed by atoms with Crippen molar-refractivity contribution in [3.05, 3.63) is 65.4 Å². The number of para-hydroxylation sites is 3. The molecule has 0 radical (unpaired) electrons. The van der Waals surface area contributed by atoms with Crippen molar-refractivity contribution in [2.75, 3.05) is 17.7 Å². The maximum Gasteiger partial charge on any atom is 0.229 e. The minimum absolute atomic E-state index is 0.526. The first-order valence-corrected chi connectivity index (χ1v) is 8.16. The fraction of sp³-hybridized carbons (Fsp3) is 0.200. The van der Waals surface area contributed by atoms with Crippen LogP contribution >= 0.6 is 0 Å². The molecule has 0 spiro atoms. The van der Waals surface area contributed by atoms with E-state index in [9.17, 15) is 0 Å². The van der Waals surface area contributed by atoms with E-state index in [1.807, 2.05) is 37.3 Å². The summed E-state index contributed by atoms with van der Waals surface area (Å²) < 4.78 is 5.37. The Morgan fingerprint density at radius 2 is 1.56 bits per heavy atom. The van der Waals surface area contributed by atoms with Gasteiger partial charge in [-0.25, -0.2) is 4.98 Å². The molecule has 0 atom stereocenters. The van der Waals surface area contributed by atoms with Crippen LogP contribution in [-0.4, -0.2) is 17.1 Å². The zero-order valence-corrected chi connectivity index (χ0v) is 14.9. The van der Waals surface area contributed by atoms with Crippen LogP contribution in [0.2, 0.25) is 0 Å². The van der Waals surface area contributed by atoms with Gasteiger partial charge in [-0.05, 0) is 44.0 Å². The van der Waals surface area contributed by atoms with Crippen molar-refractivity contribution in [3.8, 4) is 5.75 Å². The standard InChI is InChI=1S/C20H22N4O/c1-13-8-7-9-14(2)19(13)23-18-12-15(3)21-20(24-18)22-16-10-5-6-11-17(16)25-4/h5-12H,1-4H3,(H2,21,22,23,24). The van der Waals surface area contributed by atoms with Gasteiger partial charge in [0.2, 0.25) is 5.95 Å². The first kappa shape index (κ1) is 16.8. The summed E-state index contributed by atoms with van der Waals surface area (Å²) in [6, 6.07) is 15.8. The van der Waals surface area contributed by atoms with Crippen molar-refractivity contribution in [3.63, 3.8) is 0 Å². The van der Waals surface area contributed by atoms with Crippen LogP contribution in [0, 0.1) is 20.8 Å². The van der Waals surface area contributed by atoms with Crippen LogP contribution in [0.4, 0.5) is 23.1 Å². The molecular formula is C20H22N4O. The molecule has 1 aromatic heterocycles. The number of anilines is 4. The number of nitrogens with zero attached hydrogens (tertiary/aromatic N) is 2. The largest absolute Gasteiger partial charge is 0.495 e. The quantitative estimate of drug-likeness (QED) is 0.695. The van der Waals surface area contributed by atoms with E-state index in [1.54, 1.807) is 7.11 Å². The smallest absolute Gasteiger partial charge is 0.229 e. The molecule has 0 saturated heterocycles. The van der Waals surface area contributed by atoms with Gasteiger partial charge in [0.15, 0.2) is 0 Å². The van der Waals surface area contributed by atoms with E-state index in [0.29, 0.717) is 5.95 Å². The third-order valence-corrected chi connectivity index (χ3v) is 3.94. The molecule has 0 fully saturated rings. The Hall–Kier alpha value is -3.08. The predicted molar refractivity (Wildman–Crippen MR) is 102 cm³/mol. The van der Waals surface area contributed by atoms with Gasteiger partial charge in [0, 0.05) is 17.4 Å². The van der Waals surface area contributed by atoms with Crippen molar-refractivity contribution < 1.29 is 4.74 Å². The highest BCUT2D eigenvalue weighted by molar-refractivity contribution is 5.67. The Kier molecular flexibility index (Phi) is 4.84. The second-order valence-electron chi connectivity index (χ2n) is 5.94. The monoisotopic (exact) mass is 334 g/mol. The minimum atomic E-state index is 0.526. The summed E-state index contributed by atoms with van der Waals surface area (Å²) >= 11 is 0. The molecule has 0 aliphatic rings. The van der Waals surface area contributed by atoms with Gasteiger partial charge in [0.1, 0.15) is 11.6 Å². The van der Waals surface area contributed by atoms with Gasteiger partial charge < -0.3 is 15.4 Å². The highest BCUT2D eigenvalue weighted by Crippen LogP contribution is 2.27. The lowest BCUT2D eigenvalue weighted by Crippen LogP contribution is -2.04. The Labute approximate surface area is 148 Å². The molecule has 25 heavy (non-hydrogen) atoms. The van der Waals surface area contributed by atoms with Gasteiger partial charge in [-0.1, -0.05) is 30.3 Å². The summed E-state index contributed by atoms with van der Waals surface area (Å²) in [5, 5.41) is 6.65. The molecule has 5 nitrogen and oxygen atoms in total. The molecule has 3 aromatic rings. The van der Waals surface area contributed by atoms with Crippen LogP contribution in [0.1, 0.15) is 16.8 Å². The number of hydrogen-bond donors (Lipinski definition) is 2. The van der Waals surface area contributed by atoms with E-state index >= 15 is 0 Å². The maximum atomic E-state index is 5.37. The zero-order chi connectivity index (χ0) is 17.8. The lowest BCUT2D eigenvalue weighted by atomic mass is 10.1. The van der Waals surface area contributed by atoms with Gasteiger partial charge in [0.05, 0.1) is 12.8 Å². The first-order valence-electron chi connectivity index (χ1n) is 8.16. The molecule has 0 bridgehead atoms. The molecule has 0 saturated carbocycles. The molecule has 2 N–H and O–H groups in total. The molecule has 0 aliphatic heterocycles. The van der Waals surface area contributed by atoms with Crippen LogP contribution in [-0.2, 0) is 0 Å². The predicted octanol–water partition coefficient (Wildman–Crippen LogP) is 4.90. The number of rotatable bonds is 5. The number of ether oxygens (including phenoxy) is 1. The summed E-state index contributed by atoms with van der Waals surface area (Å²) in [6.07, 6.45) is 0. The summed E-state index contributed by atoms with van der Waals surface area (Å²) in [7, 11) is 1.64. The van der Waals surface area contributed by atoms with Gasteiger partial charge in [0.25, 0.3) is 0 Å². The third-order valence-electron chi connectivity index (χ3n) is 3.94. The van der Waals surface area contributed by atoms with Crippen LogP contribution in [0.25, 0.3) is 0 Å². The van der Waals surface area contributed by atoms with Crippen molar-refractivity contribution in [1.82, 2.24) is 9.97 Å². The minimum Gasteiger partial charge on any atom is -0.495 e. The number of aromatic nitrogens is 2. The molecule has 1 heterocycles. The molecule has 0 unspecified atom stereocenters. The van der Waals surface area contributed by atoms with Crippen molar-refractivity contribution in [1.29, 1.82) is 0 Å². The van der Waals surface area contributed by atoms with E-state index in [4.69, 9.17) is 4.74 Å². The van der Waals surface area contributed by atoms with E-state index in [-0.39, 0.29) is 0 Å². The average molecular weight is 334 g/mol. The number of hydrogen-bond acceptors (Lipinski definition) is 5. The van der Waals surface area contributed by atoms with E-state index in [1.165, 1.54) is 11.1 Å². The third kappa shape index (κ3) is 3.88. The van der Waals surface area contributed by atoms with Crippen molar-refractivity contribution in [2.24, 2.45) is 0 Å². The maximum absolute atomic E-state index is 5.37. The SMILES string of the molecule is COc1ccccc1Nc1nc(C)cc(Nc2c(C)cccc2C)n1. The van der Waals surface area contributed by atoms with Gasteiger partial charge in [-0.2, -0.15) is 4.98 Å². The molecular weight excluding hydrogens is 312 g/mol. The highest BCUT2D eigenvalue weighted by atomic mass is 16.5. The second-order valence-corrected chi connectivity index (χ2v) is 5.94. The topological polar surface area (TPSA) is 59.1 Å². The fourth-order valence-corrected chi connectivity index (χ4v) is 2.70. The molecule has 5 heteroatoms. The van der Waals surface area contributed by atoms with Crippen LogP contribution in [0.15, 0.2) is 48.5 Å². The van der Waals surface area contributed by atoms with Crippen LogP contribution in [0.5, 0.6) is 5.75 Å². The number of aryl methyl sites for hydroxylation is 3. The van der Waals surface area contributed by atoms with Gasteiger partial charge in [-0.15, -0.1) is 0 Å². The first-order chi connectivity index (χ1) is 12.1. The van der Waals surface area contributed by atoms with Crippen LogP contribution in [0.3, 0.4) is 0 Å². The van der Waals surface area contributed by atoms with Crippen molar-refractivity contribution in [2.45, 2.75) is 20.8 Å². The van der Waals surface area contributed by atoms with Crippen LogP contribution < -0.4 is 15.4 Å². The Bertz CT molecular complexity index is 872. The van der Waals surface area contributed by atoms with E-state index in [2.05, 4.69) is 52.6 Å². The summed E-state index contributed by atoms with van der Waals surface area (Å²) in [4.78, 5) is 9.07. The Morgan fingerprint density at radius 1 is 0.840 bits per heavy atom. The average Bonchev–Trinajstić information content (AvgIpc) is 2.58. The normalized spacial score (nSPS) is 10.4. The lowest BCUT2D eigenvalue weighted by molar-refractivity contribution is 0.417. The Balaban J connectivity index is 1.91. The van der Waals surface area contributed by atoms with E-state index in [0.717, 1.165) is 28.6 Å². The molecule has 2 aromatic carbocycles. The Morgan fingerprint density at radius 3 is 2.28 bits per heavy atom. The number of benzene rings is 2. The summed E-state index contributed by atoms with van der Waals surface area (Å²) in [6.45, 7) is 6.11. The second kappa shape index (κ2) is 7.21. The zero-order valence-electron chi connectivity index (χ0n) is 14.9. The molecule has 3 rings (SSSR count). The lowest BCUT2D eigenvalue weighted by Gasteiger charge is -2.14. The van der Waals surface area contributed by atoms with E-state index < -0.39 is 0 Å². The molecule has 0 aliphatic carbocycles. The molecule has 0 amide bonds. The molecule has 128 valence electrons. The summed E-state index contributed by atoms with van der Waals surface area (Å²) in [5.41, 5.74) is 5.13. The number of nitrogens with one attached hydrogen (secondary N) is 2. The van der Waals surface area contributed by atoms with Gasteiger partial charge >= 0.3 is 0 Å². The summed E-state index contributed by atoms with van der Waals surface area (Å²) in [5.74, 6) is 2.03. The number of methoxy groups -OCH3 is 1. The highest BCUT2D eigenvalue weighted by Gasteiger charge is 2.08. The van der Waals surface area contributed by atoms with Crippen molar-refractivity contribution >= 4 is 23.1 Å². The fourth-order valence-electron chi connectivity index (χ4n) is 2.70.